The van der Waals surface area contributed by atoms with Gasteiger partial charge in [-0.15, -0.1) is 0 Å². The van der Waals surface area contributed by atoms with Gasteiger partial charge in [0.15, 0.2) is 5.82 Å². The first kappa shape index (κ1) is 19.0. The molecule has 0 atom stereocenters. The molecule has 1 aromatic carbocycles. The van der Waals surface area contributed by atoms with Gasteiger partial charge < -0.3 is 9.64 Å². The number of methoxy groups -OCH3 is 1. The lowest BCUT2D eigenvalue weighted by atomic mass is 10.0. The number of likely N-dealkylation sites (N-methyl/N-ethyl adjacent to an activating group) is 1. The van der Waals surface area contributed by atoms with Crippen molar-refractivity contribution >= 4 is 11.9 Å². The van der Waals surface area contributed by atoms with E-state index in [1.807, 2.05) is 13.1 Å². The van der Waals surface area contributed by atoms with Crippen molar-refractivity contribution in [3.8, 4) is 22.5 Å². The predicted octanol–water partition coefficient (Wildman–Crippen LogP) is 2.71. The number of H-pyrrole nitrogens is 1. The van der Waals surface area contributed by atoms with Crippen molar-refractivity contribution in [2.24, 2.45) is 0 Å². The Bertz CT molecular complexity index is 998. The fourth-order valence-corrected chi connectivity index (χ4v) is 3.59. The molecule has 9 heteroatoms. The zero-order valence-corrected chi connectivity index (χ0v) is 16.3. The van der Waals surface area contributed by atoms with Crippen LogP contribution in [0.4, 0.5) is 15.0 Å². The largest absolute Gasteiger partial charge is 0.515 e. The van der Waals surface area contributed by atoms with Crippen molar-refractivity contribution in [3.63, 3.8) is 0 Å². The second-order valence-electron chi connectivity index (χ2n) is 7.20. The number of halogens is 1. The highest BCUT2D eigenvalue weighted by Crippen LogP contribution is 2.37. The number of rotatable bonds is 3. The van der Waals surface area contributed by atoms with Gasteiger partial charge in [0.05, 0.1) is 44.2 Å². The minimum Gasteiger partial charge on any atom is -0.423 e. The maximum Gasteiger partial charge on any atom is 0.515 e. The number of hydrogen-bond acceptors (Lipinski definition) is 6. The minimum absolute atomic E-state index is 0.227. The van der Waals surface area contributed by atoms with Crippen molar-refractivity contribution in [3.05, 3.63) is 48.7 Å². The number of ether oxygens (including phenoxy) is 1. The van der Waals surface area contributed by atoms with Crippen LogP contribution in [0.3, 0.4) is 0 Å². The molecule has 1 N–H and O–H groups in total. The van der Waals surface area contributed by atoms with Gasteiger partial charge >= 0.3 is 6.09 Å². The summed E-state index contributed by atoms with van der Waals surface area (Å²) >= 11 is 0. The van der Waals surface area contributed by atoms with Crippen molar-refractivity contribution in [2.75, 3.05) is 45.2 Å². The van der Waals surface area contributed by atoms with E-state index in [0.717, 1.165) is 28.3 Å². The van der Waals surface area contributed by atoms with Crippen LogP contribution in [-0.2, 0) is 4.74 Å². The molecule has 0 radical (unpaired) electrons. The predicted molar refractivity (Wildman–Crippen MR) is 106 cm³/mol. The zero-order chi connectivity index (χ0) is 20.4. The SMILES string of the molecule is COC(=O)[N+]1(C)CCN(c2n[nH]c(-c3ccc(F)cc3)c2-c2ccncn2)CC1. The monoisotopic (exact) mass is 397 g/mol. The summed E-state index contributed by atoms with van der Waals surface area (Å²) in [5.74, 6) is 0.451. The molecule has 3 aromatic rings. The molecule has 1 fully saturated rings. The van der Waals surface area contributed by atoms with Crippen LogP contribution in [-0.4, -0.2) is 71.1 Å². The Hall–Kier alpha value is -3.33. The number of aromatic amines is 1. The molecular weight excluding hydrogens is 375 g/mol. The van der Waals surface area contributed by atoms with Crippen molar-refractivity contribution in [2.45, 2.75) is 0 Å². The molecule has 150 valence electrons. The Morgan fingerprint density at radius 1 is 1.21 bits per heavy atom. The molecular formula is C20H22FN6O2+. The molecule has 0 aliphatic carbocycles. The average Bonchev–Trinajstić information content (AvgIpc) is 3.20. The van der Waals surface area contributed by atoms with Crippen LogP contribution in [0.15, 0.2) is 42.9 Å². The summed E-state index contributed by atoms with van der Waals surface area (Å²) in [5.41, 5.74) is 3.12. The standard InChI is InChI=1S/C20H22FN6O2/c1-27(20(28)29-2)11-9-26(10-12-27)19-17(16-7-8-22-13-23-16)18(24-25-19)14-3-5-15(21)6-4-14/h3-8,13H,9-12H2,1-2H3,(H,24,25)/q+1. The number of carbonyl (C=O) groups excluding carboxylic acids is 1. The summed E-state index contributed by atoms with van der Waals surface area (Å²) in [6.07, 6.45) is 2.92. The summed E-state index contributed by atoms with van der Waals surface area (Å²) in [6.45, 7) is 2.48. The van der Waals surface area contributed by atoms with Gasteiger partial charge in [-0.1, -0.05) is 0 Å². The van der Waals surface area contributed by atoms with Gasteiger partial charge in [0.2, 0.25) is 0 Å². The highest BCUT2D eigenvalue weighted by molar-refractivity contribution is 5.87. The van der Waals surface area contributed by atoms with Crippen LogP contribution in [0.25, 0.3) is 22.5 Å². The Labute approximate surface area is 167 Å². The average molecular weight is 397 g/mol. The summed E-state index contributed by atoms with van der Waals surface area (Å²) in [6, 6.07) is 8.07. The molecule has 3 heterocycles. The highest BCUT2D eigenvalue weighted by atomic mass is 19.1. The van der Waals surface area contributed by atoms with Crippen molar-refractivity contribution in [1.82, 2.24) is 20.2 Å². The molecule has 29 heavy (non-hydrogen) atoms. The van der Waals surface area contributed by atoms with Crippen molar-refractivity contribution < 1.29 is 18.4 Å². The molecule has 0 unspecified atom stereocenters. The maximum atomic E-state index is 13.4. The number of nitrogens with one attached hydrogen (secondary N) is 1. The number of quaternary nitrogens is 1. The third-order valence-corrected chi connectivity index (χ3v) is 5.36. The molecule has 0 bridgehead atoms. The van der Waals surface area contributed by atoms with Gasteiger partial charge in [0.1, 0.15) is 25.2 Å². The fraction of sp³-hybridized carbons (Fsp3) is 0.300. The van der Waals surface area contributed by atoms with E-state index < -0.39 is 0 Å². The van der Waals surface area contributed by atoms with Gasteiger partial charge in [-0.25, -0.2) is 18.8 Å². The van der Waals surface area contributed by atoms with Crippen molar-refractivity contribution in [1.29, 1.82) is 0 Å². The molecule has 1 aliphatic rings. The van der Waals surface area contributed by atoms with Crippen LogP contribution in [0.2, 0.25) is 0 Å². The lowest BCUT2D eigenvalue weighted by Crippen LogP contribution is -2.60. The quantitative estimate of drug-likeness (QED) is 0.684. The lowest BCUT2D eigenvalue weighted by Gasteiger charge is -2.38. The van der Waals surface area contributed by atoms with E-state index in [2.05, 4.69) is 25.1 Å². The zero-order valence-electron chi connectivity index (χ0n) is 16.3. The summed E-state index contributed by atoms with van der Waals surface area (Å²) in [5, 5.41) is 7.64. The first-order chi connectivity index (χ1) is 14.0. The van der Waals surface area contributed by atoms with E-state index in [4.69, 9.17) is 4.74 Å². The molecule has 2 aromatic heterocycles. The van der Waals surface area contributed by atoms with Gasteiger partial charge in [-0.05, 0) is 30.3 Å². The first-order valence-electron chi connectivity index (χ1n) is 9.30. The molecule has 1 aliphatic heterocycles. The molecule has 1 amide bonds. The van der Waals surface area contributed by atoms with Gasteiger partial charge in [0.25, 0.3) is 0 Å². The number of carbonyl (C=O) groups is 1. The number of hydrogen-bond donors (Lipinski definition) is 1. The van der Waals surface area contributed by atoms with Gasteiger partial charge in [-0.2, -0.15) is 9.89 Å². The Morgan fingerprint density at radius 2 is 1.93 bits per heavy atom. The van der Waals surface area contributed by atoms with Crippen LogP contribution in [0.1, 0.15) is 0 Å². The first-order valence-corrected chi connectivity index (χ1v) is 9.30. The molecule has 4 rings (SSSR count). The Kier molecular flexibility index (Phi) is 4.98. The fourth-order valence-electron chi connectivity index (χ4n) is 3.59. The van der Waals surface area contributed by atoms with Crippen LogP contribution >= 0.6 is 0 Å². The molecule has 8 nitrogen and oxygen atoms in total. The van der Waals surface area contributed by atoms with Crippen LogP contribution in [0, 0.1) is 5.82 Å². The maximum absolute atomic E-state index is 13.4. The third-order valence-electron chi connectivity index (χ3n) is 5.36. The second-order valence-corrected chi connectivity index (χ2v) is 7.20. The lowest BCUT2D eigenvalue weighted by molar-refractivity contribution is -0.838. The number of benzene rings is 1. The summed E-state index contributed by atoms with van der Waals surface area (Å²) < 4.78 is 18.6. The van der Waals surface area contributed by atoms with Gasteiger partial charge in [-0.3, -0.25) is 5.10 Å². The summed E-state index contributed by atoms with van der Waals surface area (Å²) in [7, 11) is 3.29. The normalized spacial score (nSPS) is 15.9. The third kappa shape index (κ3) is 3.56. The Morgan fingerprint density at radius 3 is 2.55 bits per heavy atom. The molecule has 1 saturated heterocycles. The van der Waals surface area contributed by atoms with Crippen LogP contribution in [0.5, 0.6) is 0 Å². The van der Waals surface area contributed by atoms with E-state index in [0.29, 0.717) is 26.2 Å². The Balaban J connectivity index is 1.71. The summed E-state index contributed by atoms with van der Waals surface area (Å²) in [4.78, 5) is 22.6. The topological polar surface area (TPSA) is 84.0 Å². The van der Waals surface area contributed by atoms with Crippen LogP contribution < -0.4 is 4.90 Å². The van der Waals surface area contributed by atoms with E-state index in [1.165, 1.54) is 25.6 Å². The smallest absolute Gasteiger partial charge is 0.423 e. The highest BCUT2D eigenvalue weighted by Gasteiger charge is 2.38. The van der Waals surface area contributed by atoms with E-state index in [-0.39, 0.29) is 16.4 Å². The number of aromatic nitrogens is 4. The number of nitrogens with zero attached hydrogens (tertiary/aromatic N) is 5. The van der Waals surface area contributed by atoms with E-state index in [9.17, 15) is 9.18 Å². The van der Waals surface area contributed by atoms with Gasteiger partial charge in [0, 0.05) is 11.8 Å². The van der Waals surface area contributed by atoms with E-state index in [1.54, 1.807) is 18.3 Å². The number of anilines is 1. The minimum atomic E-state index is -0.298. The second kappa shape index (κ2) is 7.59. The number of amides is 1. The van der Waals surface area contributed by atoms with E-state index >= 15 is 0 Å². The molecule has 0 spiro atoms. The molecule has 0 saturated carbocycles. The number of piperazine rings is 1.